The molecular weight excluding hydrogens is 239 g/mol. The fourth-order valence-electron chi connectivity index (χ4n) is 1.65. The van der Waals surface area contributed by atoms with Crippen molar-refractivity contribution < 1.29 is 9.50 Å². The molecule has 0 aliphatic rings. The van der Waals surface area contributed by atoms with Gasteiger partial charge in [0.2, 0.25) is 0 Å². The fourth-order valence-corrected chi connectivity index (χ4v) is 1.77. The average Bonchev–Trinajstić information content (AvgIpc) is 2.33. The van der Waals surface area contributed by atoms with Gasteiger partial charge < -0.3 is 5.11 Å². The highest BCUT2D eigenvalue weighted by Crippen LogP contribution is 2.19. The lowest BCUT2D eigenvalue weighted by Gasteiger charge is -2.11. The molecule has 17 heavy (non-hydrogen) atoms. The Morgan fingerprint density at radius 2 is 1.59 bits per heavy atom. The van der Waals surface area contributed by atoms with Gasteiger partial charge in [0.25, 0.3) is 0 Å². The Kier molecular flexibility index (Phi) is 3.77. The smallest absolute Gasteiger partial charge is 0.123 e. The van der Waals surface area contributed by atoms with Crippen LogP contribution in [-0.4, -0.2) is 5.11 Å². The van der Waals surface area contributed by atoms with E-state index in [0.717, 1.165) is 5.56 Å². The molecule has 0 radical (unpaired) electrons. The van der Waals surface area contributed by atoms with Gasteiger partial charge in [-0.2, -0.15) is 0 Å². The molecule has 1 atom stereocenters. The van der Waals surface area contributed by atoms with E-state index in [4.69, 9.17) is 11.6 Å². The molecule has 2 aromatic carbocycles. The molecule has 3 heteroatoms. The summed E-state index contributed by atoms with van der Waals surface area (Å²) in [4.78, 5) is 0. The van der Waals surface area contributed by atoms with Crippen molar-refractivity contribution >= 4 is 11.6 Å². The van der Waals surface area contributed by atoms with Gasteiger partial charge in [-0.3, -0.25) is 0 Å². The van der Waals surface area contributed by atoms with Gasteiger partial charge in [-0.05, 0) is 35.4 Å². The second kappa shape index (κ2) is 5.30. The number of rotatable bonds is 3. The van der Waals surface area contributed by atoms with Crippen molar-refractivity contribution in [2.45, 2.75) is 12.5 Å². The molecule has 0 aromatic heterocycles. The first kappa shape index (κ1) is 12.1. The maximum Gasteiger partial charge on any atom is 0.123 e. The molecule has 0 heterocycles. The zero-order chi connectivity index (χ0) is 12.3. The summed E-state index contributed by atoms with van der Waals surface area (Å²) in [5.74, 6) is -0.299. The Balaban J connectivity index is 2.08. The number of benzene rings is 2. The summed E-state index contributed by atoms with van der Waals surface area (Å²) in [6, 6.07) is 13.2. The molecule has 0 saturated carbocycles. The molecule has 2 rings (SSSR count). The van der Waals surface area contributed by atoms with Crippen LogP contribution < -0.4 is 0 Å². The SMILES string of the molecule is OC(Cc1ccc(Cl)cc1)c1ccc(F)cc1. The van der Waals surface area contributed by atoms with Crippen LogP contribution in [0.1, 0.15) is 17.2 Å². The lowest BCUT2D eigenvalue weighted by molar-refractivity contribution is 0.178. The average molecular weight is 251 g/mol. The molecule has 2 aromatic rings. The Morgan fingerprint density at radius 3 is 2.18 bits per heavy atom. The van der Waals surface area contributed by atoms with Gasteiger partial charge in [0.1, 0.15) is 5.82 Å². The summed E-state index contributed by atoms with van der Waals surface area (Å²) in [5, 5.41) is 10.7. The summed E-state index contributed by atoms with van der Waals surface area (Å²) in [7, 11) is 0. The minimum Gasteiger partial charge on any atom is -0.388 e. The highest BCUT2D eigenvalue weighted by molar-refractivity contribution is 6.30. The van der Waals surface area contributed by atoms with Gasteiger partial charge in [0, 0.05) is 11.4 Å². The molecule has 0 aliphatic carbocycles. The van der Waals surface area contributed by atoms with E-state index in [1.165, 1.54) is 12.1 Å². The minimum absolute atomic E-state index is 0.299. The van der Waals surface area contributed by atoms with Gasteiger partial charge in [-0.25, -0.2) is 4.39 Å². The largest absolute Gasteiger partial charge is 0.388 e. The third-order valence-electron chi connectivity index (χ3n) is 2.60. The summed E-state index contributed by atoms with van der Waals surface area (Å²) in [6.45, 7) is 0. The predicted molar refractivity (Wildman–Crippen MR) is 66.5 cm³/mol. The second-order valence-corrected chi connectivity index (χ2v) is 4.33. The molecule has 1 N–H and O–H groups in total. The molecule has 0 aliphatic heterocycles. The molecule has 0 amide bonds. The molecule has 0 spiro atoms. The molecule has 0 bridgehead atoms. The highest BCUT2D eigenvalue weighted by Gasteiger charge is 2.08. The third kappa shape index (κ3) is 3.29. The normalized spacial score (nSPS) is 12.4. The number of aliphatic hydroxyl groups excluding tert-OH is 1. The molecule has 1 unspecified atom stereocenters. The maximum absolute atomic E-state index is 12.7. The van der Waals surface area contributed by atoms with E-state index in [-0.39, 0.29) is 5.82 Å². The summed E-state index contributed by atoms with van der Waals surface area (Å²) < 4.78 is 12.7. The van der Waals surface area contributed by atoms with Crippen LogP contribution in [0, 0.1) is 5.82 Å². The summed E-state index contributed by atoms with van der Waals surface area (Å²) in [6.07, 6.45) is -0.139. The molecule has 1 nitrogen and oxygen atoms in total. The van der Waals surface area contributed by atoms with Crippen molar-refractivity contribution in [1.29, 1.82) is 0 Å². The first-order valence-corrected chi connectivity index (χ1v) is 5.71. The van der Waals surface area contributed by atoms with Crippen LogP contribution in [0.15, 0.2) is 48.5 Å². The van der Waals surface area contributed by atoms with Crippen molar-refractivity contribution in [2.24, 2.45) is 0 Å². The Labute approximate surface area is 104 Å². The lowest BCUT2D eigenvalue weighted by Crippen LogP contribution is -2.01. The van der Waals surface area contributed by atoms with Crippen LogP contribution >= 0.6 is 11.6 Å². The Morgan fingerprint density at radius 1 is 1.00 bits per heavy atom. The van der Waals surface area contributed by atoms with Crippen LogP contribution in [0.2, 0.25) is 5.02 Å². The van der Waals surface area contributed by atoms with Crippen molar-refractivity contribution in [1.82, 2.24) is 0 Å². The van der Waals surface area contributed by atoms with E-state index in [0.29, 0.717) is 17.0 Å². The quantitative estimate of drug-likeness (QED) is 0.880. The van der Waals surface area contributed by atoms with Crippen molar-refractivity contribution in [2.75, 3.05) is 0 Å². The van der Waals surface area contributed by atoms with Gasteiger partial charge in [-0.15, -0.1) is 0 Å². The Bertz CT molecular complexity index is 479. The summed E-state index contributed by atoms with van der Waals surface area (Å²) >= 11 is 5.78. The molecule has 0 fully saturated rings. The second-order valence-electron chi connectivity index (χ2n) is 3.90. The predicted octanol–water partition coefficient (Wildman–Crippen LogP) is 3.76. The van der Waals surface area contributed by atoms with Gasteiger partial charge in [0.15, 0.2) is 0 Å². The number of hydrogen-bond donors (Lipinski definition) is 1. The van der Waals surface area contributed by atoms with E-state index in [9.17, 15) is 9.50 Å². The Hall–Kier alpha value is -1.38. The number of aliphatic hydroxyl groups is 1. The van der Waals surface area contributed by atoms with Crippen LogP contribution in [0.5, 0.6) is 0 Å². The van der Waals surface area contributed by atoms with E-state index in [1.54, 1.807) is 24.3 Å². The van der Waals surface area contributed by atoms with Crippen LogP contribution in [0.3, 0.4) is 0 Å². The number of hydrogen-bond acceptors (Lipinski definition) is 1. The first-order chi connectivity index (χ1) is 8.15. The zero-order valence-corrected chi connectivity index (χ0v) is 9.86. The molecular formula is C14H12ClFO. The van der Waals surface area contributed by atoms with Crippen LogP contribution in [-0.2, 0) is 6.42 Å². The standard InChI is InChI=1S/C14H12ClFO/c15-12-5-1-10(2-6-12)9-14(17)11-3-7-13(16)8-4-11/h1-8,14,17H,9H2. The van der Waals surface area contributed by atoms with Crippen LogP contribution in [0.4, 0.5) is 4.39 Å². The third-order valence-corrected chi connectivity index (χ3v) is 2.85. The van der Waals surface area contributed by atoms with E-state index < -0.39 is 6.10 Å². The van der Waals surface area contributed by atoms with E-state index >= 15 is 0 Å². The van der Waals surface area contributed by atoms with Crippen molar-refractivity contribution in [3.63, 3.8) is 0 Å². The van der Waals surface area contributed by atoms with Gasteiger partial charge in [0.05, 0.1) is 6.10 Å². The van der Waals surface area contributed by atoms with E-state index in [2.05, 4.69) is 0 Å². The van der Waals surface area contributed by atoms with Crippen LogP contribution in [0.25, 0.3) is 0 Å². The van der Waals surface area contributed by atoms with Crippen molar-refractivity contribution in [3.05, 3.63) is 70.5 Å². The fraction of sp³-hybridized carbons (Fsp3) is 0.143. The maximum atomic E-state index is 12.7. The van der Waals surface area contributed by atoms with E-state index in [1.807, 2.05) is 12.1 Å². The monoisotopic (exact) mass is 250 g/mol. The highest BCUT2D eigenvalue weighted by atomic mass is 35.5. The topological polar surface area (TPSA) is 20.2 Å². The first-order valence-electron chi connectivity index (χ1n) is 5.33. The lowest BCUT2D eigenvalue weighted by atomic mass is 10.0. The minimum atomic E-state index is -0.628. The zero-order valence-electron chi connectivity index (χ0n) is 9.11. The molecule has 88 valence electrons. The molecule has 0 saturated heterocycles. The van der Waals surface area contributed by atoms with Gasteiger partial charge in [-0.1, -0.05) is 35.9 Å². The number of halogens is 2. The summed E-state index contributed by atoms with van der Waals surface area (Å²) in [5.41, 5.74) is 1.70. The van der Waals surface area contributed by atoms with Crippen molar-refractivity contribution in [3.8, 4) is 0 Å². The van der Waals surface area contributed by atoms with Gasteiger partial charge >= 0.3 is 0 Å².